The van der Waals surface area contributed by atoms with Crippen LogP contribution in [0.4, 0.5) is 0 Å². The van der Waals surface area contributed by atoms with Crippen molar-refractivity contribution in [2.45, 2.75) is 65.1 Å². The molecular weight excluding hydrogens is 316 g/mol. The van der Waals surface area contributed by atoms with Crippen molar-refractivity contribution < 1.29 is 9.90 Å². The van der Waals surface area contributed by atoms with Crippen molar-refractivity contribution in [2.24, 2.45) is 23.5 Å². The summed E-state index contributed by atoms with van der Waals surface area (Å²) in [5, 5.41) is 13.6. The fourth-order valence-electron chi connectivity index (χ4n) is 2.91. The van der Waals surface area contributed by atoms with E-state index in [1.54, 1.807) is 12.5 Å². The minimum atomic E-state index is -0.689. The molecule has 1 aromatic heterocycles. The summed E-state index contributed by atoms with van der Waals surface area (Å²) in [5.74, 6) is 0.694. The number of allylic oxidation sites excluding steroid dienone is 1. The van der Waals surface area contributed by atoms with Gasteiger partial charge in [-0.3, -0.25) is 4.79 Å². The molecule has 4 atom stereocenters. The van der Waals surface area contributed by atoms with E-state index in [1.807, 2.05) is 6.08 Å². The second kappa shape index (κ2) is 10.4. The number of aromatic amines is 1. The first kappa shape index (κ1) is 21.4. The predicted octanol–water partition coefficient (Wildman–Crippen LogP) is 2.02. The summed E-state index contributed by atoms with van der Waals surface area (Å²) in [4.78, 5) is 19.4. The maximum absolute atomic E-state index is 12.4. The van der Waals surface area contributed by atoms with Gasteiger partial charge in [-0.05, 0) is 30.6 Å². The van der Waals surface area contributed by atoms with E-state index >= 15 is 0 Å². The van der Waals surface area contributed by atoms with Crippen molar-refractivity contribution >= 4 is 5.91 Å². The van der Waals surface area contributed by atoms with E-state index in [9.17, 15) is 9.90 Å². The zero-order chi connectivity index (χ0) is 19.0. The van der Waals surface area contributed by atoms with E-state index in [2.05, 4.69) is 49.6 Å². The lowest BCUT2D eigenvalue weighted by atomic mass is 9.86. The smallest absolute Gasteiger partial charge is 0.237 e. The molecule has 0 spiro atoms. The molecule has 1 aromatic rings. The highest BCUT2D eigenvalue weighted by atomic mass is 16.3. The number of imidazole rings is 1. The van der Waals surface area contributed by atoms with Crippen molar-refractivity contribution in [3.05, 3.63) is 30.9 Å². The van der Waals surface area contributed by atoms with Crippen LogP contribution in [-0.2, 0) is 11.2 Å². The second-order valence-electron chi connectivity index (χ2n) is 7.56. The van der Waals surface area contributed by atoms with Crippen molar-refractivity contribution in [1.29, 1.82) is 0 Å². The number of carbonyl (C=O) groups is 1. The Morgan fingerprint density at radius 1 is 1.40 bits per heavy atom. The molecule has 1 unspecified atom stereocenters. The number of nitrogens with zero attached hydrogens (tertiary/aromatic N) is 1. The molecule has 6 heteroatoms. The Kier molecular flexibility index (Phi) is 8.86. The fraction of sp³-hybridized carbons (Fsp3) is 0.684. The van der Waals surface area contributed by atoms with Crippen LogP contribution >= 0.6 is 0 Å². The third-order valence-corrected chi connectivity index (χ3v) is 4.51. The largest absolute Gasteiger partial charge is 0.391 e. The highest BCUT2D eigenvalue weighted by Crippen LogP contribution is 2.21. The topological polar surface area (TPSA) is 104 Å². The number of nitrogens with one attached hydrogen (secondary N) is 2. The van der Waals surface area contributed by atoms with Crippen molar-refractivity contribution in [1.82, 2.24) is 15.3 Å². The third kappa shape index (κ3) is 7.40. The van der Waals surface area contributed by atoms with Crippen LogP contribution in [0.15, 0.2) is 25.2 Å². The number of aliphatic hydroxyl groups excluding tert-OH is 1. The molecule has 0 fully saturated rings. The molecule has 0 aliphatic carbocycles. The van der Waals surface area contributed by atoms with E-state index < -0.39 is 12.1 Å². The van der Waals surface area contributed by atoms with Gasteiger partial charge < -0.3 is 21.1 Å². The Bertz CT molecular complexity index is 514. The van der Waals surface area contributed by atoms with E-state index in [0.29, 0.717) is 31.1 Å². The molecule has 0 bridgehead atoms. The number of H-pyrrole nitrogens is 1. The Morgan fingerprint density at radius 2 is 2.08 bits per heavy atom. The molecule has 0 saturated heterocycles. The number of hydrogen-bond acceptors (Lipinski definition) is 4. The molecule has 0 saturated carbocycles. The molecule has 0 aliphatic heterocycles. The van der Waals surface area contributed by atoms with Gasteiger partial charge in [0.15, 0.2) is 0 Å². The summed E-state index contributed by atoms with van der Waals surface area (Å²) in [6, 6.07) is -1.01. The van der Waals surface area contributed by atoms with Crippen LogP contribution < -0.4 is 11.1 Å². The van der Waals surface area contributed by atoms with Crippen LogP contribution in [0.5, 0.6) is 0 Å². The molecule has 1 heterocycles. The van der Waals surface area contributed by atoms with Gasteiger partial charge in [0, 0.05) is 12.6 Å². The van der Waals surface area contributed by atoms with Gasteiger partial charge in [-0.2, -0.15) is 0 Å². The van der Waals surface area contributed by atoms with Gasteiger partial charge in [0.05, 0.1) is 30.2 Å². The number of aromatic nitrogens is 2. The summed E-state index contributed by atoms with van der Waals surface area (Å²) in [6.45, 7) is 12.2. The minimum absolute atomic E-state index is 0.208. The monoisotopic (exact) mass is 350 g/mol. The summed E-state index contributed by atoms with van der Waals surface area (Å²) in [5.41, 5.74) is 6.75. The summed E-state index contributed by atoms with van der Waals surface area (Å²) in [6.07, 6.45) is 6.18. The summed E-state index contributed by atoms with van der Waals surface area (Å²) in [7, 11) is 0. The number of aliphatic hydroxyl groups is 1. The van der Waals surface area contributed by atoms with E-state index in [4.69, 9.17) is 5.73 Å². The average molecular weight is 351 g/mol. The van der Waals surface area contributed by atoms with Gasteiger partial charge in [-0.25, -0.2) is 4.98 Å². The first-order chi connectivity index (χ1) is 11.7. The van der Waals surface area contributed by atoms with Crippen molar-refractivity contribution in [3.63, 3.8) is 0 Å². The molecule has 0 radical (unpaired) electrons. The van der Waals surface area contributed by atoms with E-state index in [0.717, 1.165) is 5.69 Å². The zero-order valence-electron chi connectivity index (χ0n) is 15.9. The molecule has 1 rings (SSSR count). The Morgan fingerprint density at radius 3 is 2.56 bits per heavy atom. The van der Waals surface area contributed by atoms with Gasteiger partial charge in [-0.15, -0.1) is 6.58 Å². The average Bonchev–Trinajstić information content (AvgIpc) is 3.03. The number of hydrogen-bond donors (Lipinski definition) is 4. The standard InChI is InChI=1S/C19H34N4O2/c1-6-14(13(4)5)8-18(24)17(7-12(2)3)23-19(25)16(20)9-15-10-21-11-22-15/h6,10-14,16-18,24H,1,7-9,20H2,2-5H3,(H,21,22)(H,23,25)/t14?,16-,17-,18-/m0/s1. The minimum Gasteiger partial charge on any atom is -0.391 e. The normalized spacial score (nSPS) is 16.5. The maximum Gasteiger partial charge on any atom is 0.237 e. The second-order valence-corrected chi connectivity index (χ2v) is 7.56. The Balaban J connectivity index is 2.70. The van der Waals surface area contributed by atoms with E-state index in [-0.39, 0.29) is 17.9 Å². The lowest BCUT2D eigenvalue weighted by Gasteiger charge is -2.30. The molecule has 25 heavy (non-hydrogen) atoms. The molecule has 5 N–H and O–H groups in total. The third-order valence-electron chi connectivity index (χ3n) is 4.51. The van der Waals surface area contributed by atoms with Gasteiger partial charge in [0.2, 0.25) is 5.91 Å². The number of nitrogens with two attached hydrogens (primary N) is 1. The maximum atomic E-state index is 12.4. The Labute approximate surface area is 151 Å². The summed E-state index contributed by atoms with van der Waals surface area (Å²) < 4.78 is 0. The molecule has 1 amide bonds. The van der Waals surface area contributed by atoms with Gasteiger partial charge in [0.25, 0.3) is 0 Å². The quantitative estimate of drug-likeness (QED) is 0.458. The van der Waals surface area contributed by atoms with Crippen molar-refractivity contribution in [3.8, 4) is 0 Å². The van der Waals surface area contributed by atoms with Crippen molar-refractivity contribution in [2.75, 3.05) is 0 Å². The zero-order valence-corrected chi connectivity index (χ0v) is 15.9. The SMILES string of the molecule is C=CC(C[C@H](O)[C@H](CC(C)C)NC(=O)[C@@H](N)Cc1c[nH]cn1)C(C)C. The van der Waals surface area contributed by atoms with Gasteiger partial charge in [-0.1, -0.05) is 33.8 Å². The highest BCUT2D eigenvalue weighted by Gasteiger charge is 2.27. The van der Waals surface area contributed by atoms with Gasteiger partial charge >= 0.3 is 0 Å². The fourth-order valence-corrected chi connectivity index (χ4v) is 2.91. The molecular formula is C19H34N4O2. The molecule has 0 aliphatic rings. The van der Waals surface area contributed by atoms with Crippen LogP contribution in [-0.4, -0.2) is 39.2 Å². The molecule has 6 nitrogen and oxygen atoms in total. The number of carbonyl (C=O) groups excluding carboxylic acids is 1. The van der Waals surface area contributed by atoms with E-state index in [1.165, 1.54) is 0 Å². The van der Waals surface area contributed by atoms with Gasteiger partial charge in [0.1, 0.15) is 0 Å². The first-order valence-corrected chi connectivity index (χ1v) is 9.08. The predicted molar refractivity (Wildman–Crippen MR) is 101 cm³/mol. The van der Waals surface area contributed by atoms with Crippen LogP contribution in [0.25, 0.3) is 0 Å². The summed E-state index contributed by atoms with van der Waals surface area (Å²) >= 11 is 0. The molecule has 0 aromatic carbocycles. The number of rotatable bonds is 11. The lowest BCUT2D eigenvalue weighted by molar-refractivity contribution is -0.124. The highest BCUT2D eigenvalue weighted by molar-refractivity contribution is 5.82. The number of amides is 1. The lowest BCUT2D eigenvalue weighted by Crippen LogP contribution is -2.51. The Hall–Kier alpha value is -1.66. The van der Waals surface area contributed by atoms with Crippen LogP contribution in [0.2, 0.25) is 0 Å². The van der Waals surface area contributed by atoms with Crippen LogP contribution in [0.3, 0.4) is 0 Å². The first-order valence-electron chi connectivity index (χ1n) is 9.08. The van der Waals surface area contributed by atoms with Crippen LogP contribution in [0.1, 0.15) is 46.2 Å². The molecule has 142 valence electrons. The van der Waals surface area contributed by atoms with Crippen LogP contribution in [0, 0.1) is 17.8 Å².